The maximum Gasteiger partial charge on any atom is 0.256 e. The minimum absolute atomic E-state index is 0.171. The highest BCUT2D eigenvalue weighted by Gasteiger charge is 2.29. The number of carbonyl (C=O) groups is 2. The Hall–Kier alpha value is -3.26. The molecule has 0 aliphatic carbocycles. The summed E-state index contributed by atoms with van der Waals surface area (Å²) < 4.78 is 28.7. The van der Waals surface area contributed by atoms with Crippen LogP contribution < -0.4 is 5.32 Å². The molecule has 1 saturated heterocycles. The molecule has 3 aromatic rings. The minimum Gasteiger partial charge on any atom is -0.339 e. The van der Waals surface area contributed by atoms with E-state index in [2.05, 4.69) is 10.4 Å². The monoisotopic (exact) mass is 458 g/mol. The van der Waals surface area contributed by atoms with E-state index in [4.69, 9.17) is 11.6 Å². The van der Waals surface area contributed by atoms with E-state index in [-0.39, 0.29) is 17.4 Å². The quantitative estimate of drug-likeness (QED) is 0.621. The van der Waals surface area contributed by atoms with Crippen LogP contribution in [0.25, 0.3) is 5.69 Å². The summed E-state index contributed by atoms with van der Waals surface area (Å²) in [6.45, 7) is 2.44. The number of aromatic nitrogens is 2. The van der Waals surface area contributed by atoms with Crippen molar-refractivity contribution in [3.8, 4) is 5.69 Å². The van der Waals surface area contributed by atoms with Crippen molar-refractivity contribution in [2.45, 2.75) is 19.8 Å². The zero-order valence-electron chi connectivity index (χ0n) is 17.3. The number of hydrogen-bond donors (Lipinski definition) is 1. The molecule has 0 atom stereocenters. The lowest BCUT2D eigenvalue weighted by Crippen LogP contribution is -2.41. The Morgan fingerprint density at radius 1 is 1.09 bits per heavy atom. The summed E-state index contributed by atoms with van der Waals surface area (Å²) in [4.78, 5) is 26.9. The lowest BCUT2D eigenvalue weighted by atomic mass is 9.95. The lowest BCUT2D eigenvalue weighted by molar-refractivity contribution is -0.121. The second kappa shape index (κ2) is 9.08. The normalized spacial score (nSPS) is 14.4. The van der Waals surface area contributed by atoms with Crippen molar-refractivity contribution in [3.63, 3.8) is 0 Å². The Kier molecular flexibility index (Phi) is 6.23. The molecule has 0 radical (unpaired) electrons. The van der Waals surface area contributed by atoms with Crippen molar-refractivity contribution >= 4 is 29.2 Å². The van der Waals surface area contributed by atoms with Crippen molar-refractivity contribution in [3.05, 3.63) is 76.4 Å². The average molecular weight is 459 g/mol. The minimum atomic E-state index is -0.889. The van der Waals surface area contributed by atoms with Gasteiger partial charge in [-0.25, -0.2) is 13.5 Å². The number of rotatable bonds is 4. The summed E-state index contributed by atoms with van der Waals surface area (Å²) in [6.07, 6.45) is 0.870. The van der Waals surface area contributed by atoms with Crippen LogP contribution in [0.4, 0.5) is 14.6 Å². The van der Waals surface area contributed by atoms with E-state index in [0.717, 1.165) is 23.5 Å². The maximum absolute atomic E-state index is 13.9. The van der Waals surface area contributed by atoms with Crippen molar-refractivity contribution in [2.24, 2.45) is 5.92 Å². The number of nitrogens with one attached hydrogen (secondary N) is 1. The van der Waals surface area contributed by atoms with Crippen LogP contribution in [-0.2, 0) is 4.79 Å². The van der Waals surface area contributed by atoms with Crippen LogP contribution in [-0.4, -0.2) is 39.6 Å². The summed E-state index contributed by atoms with van der Waals surface area (Å²) in [6, 6.07) is 11.8. The highest BCUT2D eigenvalue weighted by Crippen LogP contribution is 2.24. The summed E-state index contributed by atoms with van der Waals surface area (Å²) in [7, 11) is 0. The Morgan fingerprint density at radius 3 is 2.53 bits per heavy atom. The van der Waals surface area contributed by atoms with Gasteiger partial charge in [0, 0.05) is 36.2 Å². The fourth-order valence-corrected chi connectivity index (χ4v) is 3.98. The Morgan fingerprint density at radius 2 is 1.84 bits per heavy atom. The van der Waals surface area contributed by atoms with Gasteiger partial charge < -0.3 is 10.2 Å². The van der Waals surface area contributed by atoms with E-state index in [1.165, 1.54) is 4.90 Å². The Bertz CT molecular complexity index is 1170. The van der Waals surface area contributed by atoms with E-state index >= 15 is 0 Å². The van der Waals surface area contributed by atoms with Crippen LogP contribution in [0.2, 0.25) is 5.02 Å². The number of benzene rings is 2. The van der Waals surface area contributed by atoms with E-state index in [1.54, 1.807) is 28.9 Å². The molecule has 1 aliphatic rings. The van der Waals surface area contributed by atoms with Crippen LogP contribution in [0, 0.1) is 24.5 Å². The number of aryl methyl sites for hydroxylation is 1. The van der Waals surface area contributed by atoms with E-state index in [0.29, 0.717) is 42.8 Å². The van der Waals surface area contributed by atoms with E-state index in [9.17, 15) is 18.4 Å². The lowest BCUT2D eigenvalue weighted by Gasteiger charge is -2.31. The standard InChI is InChI=1S/C23H21ClF2N4O2/c1-14-11-21(30(28-14)18-4-2-3-16(24)12-18)27-22(31)15-7-9-29(10-8-15)23(32)19-6-5-17(25)13-20(19)26/h2-6,11-13,15H,7-10H2,1H3,(H,27,31). The molecule has 0 spiro atoms. The first kappa shape index (κ1) is 22.0. The van der Waals surface area contributed by atoms with Crippen molar-refractivity contribution < 1.29 is 18.4 Å². The number of halogens is 3. The third-order valence-corrected chi connectivity index (χ3v) is 5.69. The molecule has 1 fully saturated rings. The second-order valence-electron chi connectivity index (χ2n) is 7.74. The predicted molar refractivity (Wildman–Crippen MR) is 117 cm³/mol. The molecule has 0 bridgehead atoms. The molecule has 0 saturated carbocycles. The molecule has 2 amide bonds. The van der Waals surface area contributed by atoms with Gasteiger partial charge in [-0.1, -0.05) is 17.7 Å². The van der Waals surface area contributed by atoms with Gasteiger partial charge in [0.05, 0.1) is 16.9 Å². The topological polar surface area (TPSA) is 67.2 Å². The Labute approximate surface area is 188 Å². The number of anilines is 1. The largest absolute Gasteiger partial charge is 0.339 e. The molecule has 0 unspecified atom stereocenters. The zero-order chi connectivity index (χ0) is 22.8. The second-order valence-corrected chi connectivity index (χ2v) is 8.18. The third-order valence-electron chi connectivity index (χ3n) is 5.45. The summed E-state index contributed by atoms with van der Waals surface area (Å²) in [5.74, 6) is -2.08. The molecule has 9 heteroatoms. The third kappa shape index (κ3) is 4.65. The summed E-state index contributed by atoms with van der Waals surface area (Å²) >= 11 is 6.08. The van der Waals surface area contributed by atoms with E-state index in [1.807, 2.05) is 13.0 Å². The molecular weight excluding hydrogens is 438 g/mol. The molecule has 4 rings (SSSR count). The summed E-state index contributed by atoms with van der Waals surface area (Å²) in [5.41, 5.74) is 1.29. The molecule has 2 aromatic carbocycles. The smallest absolute Gasteiger partial charge is 0.256 e. The first-order chi connectivity index (χ1) is 15.3. The fourth-order valence-electron chi connectivity index (χ4n) is 3.80. The maximum atomic E-state index is 13.9. The average Bonchev–Trinajstić information content (AvgIpc) is 3.13. The SMILES string of the molecule is Cc1cc(NC(=O)C2CCN(C(=O)c3ccc(F)cc3F)CC2)n(-c2cccc(Cl)c2)n1. The van der Waals surface area contributed by atoms with Gasteiger partial charge in [-0.2, -0.15) is 5.10 Å². The highest BCUT2D eigenvalue weighted by atomic mass is 35.5. The first-order valence-electron chi connectivity index (χ1n) is 10.2. The van der Waals surface area contributed by atoms with Gasteiger partial charge in [-0.05, 0) is 50.1 Å². The van der Waals surface area contributed by atoms with Gasteiger partial charge in [0.1, 0.15) is 17.5 Å². The molecule has 1 N–H and O–H groups in total. The molecular formula is C23H21ClF2N4O2. The first-order valence-corrected chi connectivity index (χ1v) is 10.6. The zero-order valence-corrected chi connectivity index (χ0v) is 18.1. The number of likely N-dealkylation sites (tertiary alicyclic amines) is 1. The van der Waals surface area contributed by atoms with Crippen LogP contribution in [0.15, 0.2) is 48.5 Å². The molecule has 166 valence electrons. The van der Waals surface area contributed by atoms with Crippen molar-refractivity contribution in [1.29, 1.82) is 0 Å². The summed E-state index contributed by atoms with van der Waals surface area (Å²) in [5, 5.41) is 7.91. The van der Waals surface area contributed by atoms with Crippen LogP contribution >= 0.6 is 11.6 Å². The number of nitrogens with zero attached hydrogens (tertiary/aromatic N) is 3. The Balaban J connectivity index is 1.41. The molecule has 1 aromatic heterocycles. The van der Waals surface area contributed by atoms with Crippen LogP contribution in [0.3, 0.4) is 0 Å². The number of carbonyl (C=O) groups excluding carboxylic acids is 2. The number of piperidine rings is 1. The van der Waals surface area contributed by atoms with Gasteiger partial charge in [-0.3, -0.25) is 9.59 Å². The number of amides is 2. The van der Waals surface area contributed by atoms with Crippen molar-refractivity contribution in [2.75, 3.05) is 18.4 Å². The van der Waals surface area contributed by atoms with E-state index < -0.39 is 17.5 Å². The van der Waals surface area contributed by atoms with Gasteiger partial charge in [0.2, 0.25) is 5.91 Å². The molecule has 1 aliphatic heterocycles. The fraction of sp³-hybridized carbons (Fsp3) is 0.261. The van der Waals surface area contributed by atoms with Crippen LogP contribution in [0.1, 0.15) is 28.9 Å². The van der Waals surface area contributed by atoms with Crippen molar-refractivity contribution in [1.82, 2.24) is 14.7 Å². The molecule has 32 heavy (non-hydrogen) atoms. The van der Waals surface area contributed by atoms with Gasteiger partial charge in [-0.15, -0.1) is 0 Å². The molecule has 6 nitrogen and oxygen atoms in total. The van der Waals surface area contributed by atoms with Gasteiger partial charge in [0.15, 0.2) is 0 Å². The van der Waals surface area contributed by atoms with Gasteiger partial charge in [0.25, 0.3) is 5.91 Å². The number of hydrogen-bond acceptors (Lipinski definition) is 3. The highest BCUT2D eigenvalue weighted by molar-refractivity contribution is 6.30. The predicted octanol–water partition coefficient (Wildman–Crippen LogP) is 4.60. The molecule has 2 heterocycles. The van der Waals surface area contributed by atoms with Crippen LogP contribution in [0.5, 0.6) is 0 Å². The van der Waals surface area contributed by atoms with Gasteiger partial charge >= 0.3 is 0 Å².